The summed E-state index contributed by atoms with van der Waals surface area (Å²) in [6.45, 7) is 2.02. The van der Waals surface area contributed by atoms with Crippen molar-refractivity contribution in [3.63, 3.8) is 0 Å². The van der Waals surface area contributed by atoms with E-state index in [1.807, 2.05) is 6.92 Å². The molecule has 0 saturated heterocycles. The number of ether oxygens (including phenoxy) is 1. The largest absolute Gasteiger partial charge is 0.488 e. The minimum Gasteiger partial charge on any atom is -0.488 e. The second-order valence-corrected chi connectivity index (χ2v) is 4.68. The van der Waals surface area contributed by atoms with E-state index in [1.165, 1.54) is 10.7 Å². The number of halogens is 2. The average Bonchev–Trinajstić information content (AvgIpc) is 2.94. The zero-order chi connectivity index (χ0) is 15.5. The van der Waals surface area contributed by atoms with Crippen LogP contribution in [-0.2, 0) is 0 Å². The molecule has 0 aliphatic carbocycles. The van der Waals surface area contributed by atoms with Crippen molar-refractivity contribution < 1.29 is 13.5 Å². The van der Waals surface area contributed by atoms with E-state index in [0.29, 0.717) is 11.5 Å². The van der Waals surface area contributed by atoms with Gasteiger partial charge in [0.1, 0.15) is 18.2 Å². The highest BCUT2D eigenvalue weighted by Crippen LogP contribution is 2.18. The van der Waals surface area contributed by atoms with Crippen LogP contribution in [0.15, 0.2) is 30.3 Å². The van der Waals surface area contributed by atoms with Gasteiger partial charge in [0, 0.05) is 6.07 Å². The number of hydrogen-bond acceptors (Lipinski definition) is 6. The van der Waals surface area contributed by atoms with Crippen molar-refractivity contribution in [2.75, 3.05) is 11.9 Å². The van der Waals surface area contributed by atoms with Crippen LogP contribution in [0.2, 0.25) is 0 Å². The van der Waals surface area contributed by atoms with E-state index in [9.17, 15) is 8.78 Å². The summed E-state index contributed by atoms with van der Waals surface area (Å²) in [5.41, 5.74) is 0.530. The Bertz CT molecular complexity index is 793. The molecule has 2 aromatic heterocycles. The minimum atomic E-state index is -0.736. The van der Waals surface area contributed by atoms with E-state index >= 15 is 0 Å². The van der Waals surface area contributed by atoms with Crippen LogP contribution >= 0.6 is 0 Å². The minimum absolute atomic E-state index is 0.000984. The molecular formula is C13H12F2N6O. The lowest BCUT2D eigenvalue weighted by Gasteiger charge is -2.15. The number of rotatable bonds is 5. The number of tetrazole rings is 1. The maximum Gasteiger partial charge on any atom is 0.200 e. The Morgan fingerprint density at radius 1 is 1.27 bits per heavy atom. The van der Waals surface area contributed by atoms with Gasteiger partial charge in [0.15, 0.2) is 17.2 Å². The summed E-state index contributed by atoms with van der Waals surface area (Å²) in [6, 6.07) is 6.45. The molecule has 1 aromatic carbocycles. The Balaban J connectivity index is 1.60. The summed E-state index contributed by atoms with van der Waals surface area (Å²) in [7, 11) is 0. The molecule has 7 nitrogen and oxygen atoms in total. The average molecular weight is 306 g/mol. The summed E-state index contributed by atoms with van der Waals surface area (Å²) in [5.74, 6) is -0.829. The van der Waals surface area contributed by atoms with Gasteiger partial charge in [-0.15, -0.1) is 14.8 Å². The Labute approximate surface area is 123 Å². The Morgan fingerprint density at radius 2 is 2.14 bits per heavy atom. The summed E-state index contributed by atoms with van der Waals surface area (Å²) < 4.78 is 32.9. The number of hydrogen-bond donors (Lipinski definition) is 1. The molecule has 3 rings (SSSR count). The van der Waals surface area contributed by atoms with Gasteiger partial charge in [-0.05, 0) is 41.6 Å². The maximum atomic E-state index is 13.4. The standard InChI is InChI=1S/C13H12F2N6O/c1-8(7-22-11-3-2-9(14)6-10(11)15)16-12-4-5-13-17-19-20-21(13)18-12/h2-6,8H,7H2,1H3,(H,16,18). The summed E-state index contributed by atoms with van der Waals surface area (Å²) in [4.78, 5) is 0. The normalized spacial score (nSPS) is 12.3. The van der Waals surface area contributed by atoms with Crippen molar-refractivity contribution in [1.82, 2.24) is 25.3 Å². The van der Waals surface area contributed by atoms with Crippen LogP contribution < -0.4 is 10.1 Å². The lowest BCUT2D eigenvalue weighted by Crippen LogP contribution is -2.24. The number of benzene rings is 1. The first-order chi connectivity index (χ1) is 10.6. The second-order valence-electron chi connectivity index (χ2n) is 4.68. The van der Waals surface area contributed by atoms with Crippen LogP contribution in [0.25, 0.3) is 5.65 Å². The summed E-state index contributed by atoms with van der Waals surface area (Å²) in [6.07, 6.45) is 0. The Kier molecular flexibility index (Phi) is 3.77. The molecule has 0 bridgehead atoms. The zero-order valence-electron chi connectivity index (χ0n) is 11.6. The third-order valence-corrected chi connectivity index (χ3v) is 2.85. The van der Waals surface area contributed by atoms with Gasteiger partial charge in [-0.1, -0.05) is 0 Å². The van der Waals surface area contributed by atoms with E-state index in [1.54, 1.807) is 12.1 Å². The SMILES string of the molecule is CC(COc1ccc(F)cc1F)Nc1ccc2nnnn2n1. The fraction of sp³-hybridized carbons (Fsp3) is 0.231. The molecule has 2 heterocycles. The van der Waals surface area contributed by atoms with E-state index in [4.69, 9.17) is 4.74 Å². The lowest BCUT2D eigenvalue weighted by molar-refractivity contribution is 0.288. The van der Waals surface area contributed by atoms with Gasteiger partial charge in [0.2, 0.25) is 0 Å². The molecule has 114 valence electrons. The van der Waals surface area contributed by atoms with Gasteiger partial charge in [-0.25, -0.2) is 8.78 Å². The van der Waals surface area contributed by atoms with Crippen molar-refractivity contribution >= 4 is 11.5 Å². The number of nitrogens with zero attached hydrogens (tertiary/aromatic N) is 5. The molecule has 9 heteroatoms. The topological polar surface area (TPSA) is 77.2 Å². The Hall–Kier alpha value is -2.84. The molecule has 0 saturated carbocycles. The predicted molar refractivity (Wildman–Crippen MR) is 73.5 cm³/mol. The maximum absolute atomic E-state index is 13.4. The molecule has 0 radical (unpaired) electrons. The second kappa shape index (κ2) is 5.88. The van der Waals surface area contributed by atoms with E-state index in [2.05, 4.69) is 25.9 Å². The van der Waals surface area contributed by atoms with E-state index in [0.717, 1.165) is 12.1 Å². The van der Waals surface area contributed by atoms with Gasteiger partial charge < -0.3 is 10.1 Å². The highest BCUT2D eigenvalue weighted by Gasteiger charge is 2.09. The number of aromatic nitrogens is 5. The smallest absolute Gasteiger partial charge is 0.200 e. The molecule has 1 atom stereocenters. The highest BCUT2D eigenvalue weighted by atomic mass is 19.1. The molecular weight excluding hydrogens is 294 g/mol. The van der Waals surface area contributed by atoms with Gasteiger partial charge in [-0.3, -0.25) is 0 Å². The van der Waals surface area contributed by atoms with Crippen molar-refractivity contribution in [2.45, 2.75) is 13.0 Å². The number of anilines is 1. The third-order valence-electron chi connectivity index (χ3n) is 2.85. The van der Waals surface area contributed by atoms with Crippen molar-refractivity contribution in [2.24, 2.45) is 0 Å². The molecule has 1 unspecified atom stereocenters. The molecule has 0 aliphatic rings. The quantitative estimate of drug-likeness (QED) is 0.773. The first-order valence-corrected chi connectivity index (χ1v) is 6.51. The van der Waals surface area contributed by atoms with Crippen LogP contribution in [0.5, 0.6) is 5.75 Å². The zero-order valence-corrected chi connectivity index (χ0v) is 11.6. The highest BCUT2D eigenvalue weighted by molar-refractivity contribution is 5.42. The number of nitrogens with one attached hydrogen (secondary N) is 1. The molecule has 3 aromatic rings. The van der Waals surface area contributed by atoms with Crippen molar-refractivity contribution in [3.8, 4) is 5.75 Å². The fourth-order valence-corrected chi connectivity index (χ4v) is 1.83. The molecule has 0 aliphatic heterocycles. The molecule has 1 N–H and O–H groups in total. The van der Waals surface area contributed by atoms with E-state index < -0.39 is 11.6 Å². The molecule has 0 spiro atoms. The van der Waals surface area contributed by atoms with Crippen LogP contribution in [0, 0.1) is 11.6 Å². The van der Waals surface area contributed by atoms with Gasteiger partial charge >= 0.3 is 0 Å². The van der Waals surface area contributed by atoms with Crippen LogP contribution in [0.3, 0.4) is 0 Å². The van der Waals surface area contributed by atoms with Gasteiger partial charge in [0.25, 0.3) is 0 Å². The van der Waals surface area contributed by atoms with Crippen molar-refractivity contribution in [3.05, 3.63) is 42.0 Å². The lowest BCUT2D eigenvalue weighted by atomic mass is 10.3. The third kappa shape index (κ3) is 3.08. The van der Waals surface area contributed by atoms with Gasteiger partial charge in [0.05, 0.1) is 6.04 Å². The predicted octanol–water partition coefficient (Wildman–Crippen LogP) is 1.68. The fourth-order valence-electron chi connectivity index (χ4n) is 1.83. The van der Waals surface area contributed by atoms with Crippen LogP contribution in [-0.4, -0.2) is 37.9 Å². The Morgan fingerprint density at radius 3 is 2.95 bits per heavy atom. The van der Waals surface area contributed by atoms with Gasteiger partial charge in [-0.2, -0.15) is 0 Å². The molecule has 0 amide bonds. The molecule has 0 fully saturated rings. The first-order valence-electron chi connectivity index (χ1n) is 6.51. The molecule has 22 heavy (non-hydrogen) atoms. The summed E-state index contributed by atoms with van der Waals surface area (Å²) >= 11 is 0. The van der Waals surface area contributed by atoms with E-state index in [-0.39, 0.29) is 18.4 Å². The first kappa shape index (κ1) is 14.1. The van der Waals surface area contributed by atoms with Crippen LogP contribution in [0.4, 0.5) is 14.6 Å². The monoisotopic (exact) mass is 306 g/mol. The van der Waals surface area contributed by atoms with Crippen molar-refractivity contribution in [1.29, 1.82) is 0 Å². The number of fused-ring (bicyclic) bond motifs is 1. The summed E-state index contributed by atoms with van der Waals surface area (Å²) in [5, 5.41) is 18.1. The van der Waals surface area contributed by atoms with Crippen LogP contribution in [0.1, 0.15) is 6.92 Å².